The maximum absolute atomic E-state index is 12.8. The SMILES string of the molecule is NC(=O)c1ccccc1[C@H](Oc1ccc2c(c1)O[C@H](c1ccccc1)CC2=O)c1ccncc1. The Bertz CT molecular complexity index is 1340. The number of Topliss-reactive ketones (excluding diaryl/α,β-unsaturated/α-hetero) is 1. The van der Waals surface area contributed by atoms with Gasteiger partial charge in [-0.2, -0.15) is 0 Å². The Morgan fingerprint density at radius 1 is 0.971 bits per heavy atom. The van der Waals surface area contributed by atoms with Crippen molar-refractivity contribution >= 4 is 11.7 Å². The molecule has 0 bridgehead atoms. The van der Waals surface area contributed by atoms with Crippen molar-refractivity contribution in [2.75, 3.05) is 0 Å². The second-order valence-electron chi connectivity index (χ2n) is 8.03. The molecule has 34 heavy (non-hydrogen) atoms. The monoisotopic (exact) mass is 450 g/mol. The summed E-state index contributed by atoms with van der Waals surface area (Å²) in [5.41, 5.74) is 8.92. The van der Waals surface area contributed by atoms with E-state index in [1.807, 2.05) is 54.6 Å². The first-order valence-electron chi connectivity index (χ1n) is 10.9. The molecule has 4 aromatic rings. The van der Waals surface area contributed by atoms with Gasteiger partial charge in [-0.25, -0.2) is 0 Å². The van der Waals surface area contributed by atoms with Crippen molar-refractivity contribution < 1.29 is 19.1 Å². The summed E-state index contributed by atoms with van der Waals surface area (Å²) in [6.07, 6.45) is 2.63. The Kier molecular flexibility index (Phi) is 5.79. The quantitative estimate of drug-likeness (QED) is 0.444. The predicted molar refractivity (Wildman–Crippen MR) is 127 cm³/mol. The molecule has 6 nitrogen and oxygen atoms in total. The summed E-state index contributed by atoms with van der Waals surface area (Å²) in [7, 11) is 0. The zero-order valence-corrected chi connectivity index (χ0v) is 18.3. The number of primary amides is 1. The number of carbonyl (C=O) groups excluding carboxylic acids is 2. The first-order chi connectivity index (χ1) is 16.6. The van der Waals surface area contributed by atoms with Crippen LogP contribution in [0.5, 0.6) is 11.5 Å². The molecule has 6 heteroatoms. The van der Waals surface area contributed by atoms with Crippen molar-refractivity contribution in [3.8, 4) is 11.5 Å². The summed E-state index contributed by atoms with van der Waals surface area (Å²) in [5, 5.41) is 0. The molecular formula is C28H22N2O4. The molecule has 0 aliphatic carbocycles. The van der Waals surface area contributed by atoms with E-state index < -0.39 is 12.0 Å². The number of aromatic nitrogens is 1. The fraction of sp³-hybridized carbons (Fsp3) is 0.107. The number of benzene rings is 3. The highest BCUT2D eigenvalue weighted by Crippen LogP contribution is 2.39. The minimum absolute atomic E-state index is 0.0198. The van der Waals surface area contributed by atoms with Crippen LogP contribution in [-0.2, 0) is 0 Å². The number of nitrogens with two attached hydrogens (primary N) is 1. The molecule has 2 heterocycles. The van der Waals surface area contributed by atoms with Crippen LogP contribution in [-0.4, -0.2) is 16.7 Å². The normalized spacial score (nSPS) is 15.6. The summed E-state index contributed by atoms with van der Waals surface area (Å²) >= 11 is 0. The fourth-order valence-electron chi connectivity index (χ4n) is 4.17. The number of pyridine rings is 1. The van der Waals surface area contributed by atoms with Crippen molar-refractivity contribution in [3.05, 3.63) is 125 Å². The fourth-order valence-corrected chi connectivity index (χ4v) is 4.17. The molecule has 1 amide bonds. The number of hydrogen-bond acceptors (Lipinski definition) is 5. The average Bonchev–Trinajstić information content (AvgIpc) is 2.88. The van der Waals surface area contributed by atoms with Crippen LogP contribution in [0.2, 0.25) is 0 Å². The lowest BCUT2D eigenvalue weighted by atomic mass is 9.95. The van der Waals surface area contributed by atoms with Crippen molar-refractivity contribution in [2.45, 2.75) is 18.6 Å². The molecule has 0 radical (unpaired) electrons. The van der Waals surface area contributed by atoms with Gasteiger partial charge in [-0.3, -0.25) is 14.6 Å². The van der Waals surface area contributed by atoms with Crippen LogP contribution in [0.15, 0.2) is 97.3 Å². The third-order valence-corrected chi connectivity index (χ3v) is 5.84. The van der Waals surface area contributed by atoms with Crippen LogP contribution >= 0.6 is 0 Å². The average molecular weight is 450 g/mol. The molecule has 0 saturated heterocycles. The van der Waals surface area contributed by atoms with Crippen LogP contribution in [0.25, 0.3) is 0 Å². The summed E-state index contributed by atoms with van der Waals surface area (Å²) in [6.45, 7) is 0. The van der Waals surface area contributed by atoms with E-state index in [1.165, 1.54) is 0 Å². The molecule has 3 aromatic carbocycles. The van der Waals surface area contributed by atoms with Crippen LogP contribution in [0.3, 0.4) is 0 Å². The minimum atomic E-state index is -0.617. The topological polar surface area (TPSA) is 91.5 Å². The van der Waals surface area contributed by atoms with Gasteiger partial charge in [-0.1, -0.05) is 48.5 Å². The second kappa shape index (κ2) is 9.19. The van der Waals surface area contributed by atoms with Gasteiger partial charge in [0, 0.05) is 29.6 Å². The Hall–Kier alpha value is -4.45. The maximum atomic E-state index is 12.8. The summed E-state index contributed by atoms with van der Waals surface area (Å²) < 4.78 is 12.6. The molecule has 0 fully saturated rings. The van der Waals surface area contributed by atoms with Gasteiger partial charge in [0.25, 0.3) is 0 Å². The lowest BCUT2D eigenvalue weighted by Gasteiger charge is -2.27. The van der Waals surface area contributed by atoms with E-state index in [-0.39, 0.29) is 18.3 Å². The van der Waals surface area contributed by atoms with Crippen LogP contribution in [0.1, 0.15) is 56.0 Å². The predicted octanol–water partition coefficient (Wildman–Crippen LogP) is 5.06. The molecule has 1 aliphatic heterocycles. The Morgan fingerprint density at radius 3 is 2.47 bits per heavy atom. The zero-order chi connectivity index (χ0) is 23.5. The number of fused-ring (bicyclic) bond motifs is 1. The molecule has 0 saturated carbocycles. The first-order valence-corrected chi connectivity index (χ1v) is 10.9. The molecule has 0 spiro atoms. The molecule has 2 atom stereocenters. The molecule has 2 N–H and O–H groups in total. The molecule has 1 aliphatic rings. The van der Waals surface area contributed by atoms with E-state index in [4.69, 9.17) is 15.2 Å². The summed E-state index contributed by atoms with van der Waals surface area (Å²) in [6, 6.07) is 25.6. The number of ether oxygens (including phenoxy) is 2. The van der Waals surface area contributed by atoms with Crippen LogP contribution in [0.4, 0.5) is 0 Å². The van der Waals surface area contributed by atoms with E-state index >= 15 is 0 Å². The highest BCUT2D eigenvalue weighted by molar-refractivity contribution is 6.00. The van der Waals surface area contributed by atoms with Gasteiger partial charge in [0.15, 0.2) is 5.78 Å². The number of hydrogen-bond donors (Lipinski definition) is 1. The van der Waals surface area contributed by atoms with Gasteiger partial charge in [-0.05, 0) is 41.5 Å². The van der Waals surface area contributed by atoms with E-state index in [2.05, 4.69) is 4.98 Å². The summed E-state index contributed by atoms with van der Waals surface area (Å²) in [5.74, 6) is 0.454. The van der Waals surface area contributed by atoms with Crippen molar-refractivity contribution in [1.29, 1.82) is 0 Å². The molecule has 5 rings (SSSR count). The van der Waals surface area contributed by atoms with Gasteiger partial charge in [0.1, 0.15) is 23.7 Å². The number of rotatable bonds is 6. The van der Waals surface area contributed by atoms with E-state index in [0.717, 1.165) is 11.1 Å². The zero-order valence-electron chi connectivity index (χ0n) is 18.3. The third-order valence-electron chi connectivity index (χ3n) is 5.84. The largest absolute Gasteiger partial charge is 0.484 e. The van der Waals surface area contributed by atoms with E-state index in [0.29, 0.717) is 28.2 Å². The van der Waals surface area contributed by atoms with Gasteiger partial charge < -0.3 is 15.2 Å². The summed E-state index contributed by atoms with van der Waals surface area (Å²) in [4.78, 5) is 29.0. The molecule has 168 valence electrons. The second-order valence-corrected chi connectivity index (χ2v) is 8.03. The lowest BCUT2D eigenvalue weighted by molar-refractivity contribution is 0.0848. The first kappa shape index (κ1) is 21.4. The minimum Gasteiger partial charge on any atom is -0.484 e. The number of amides is 1. The highest BCUT2D eigenvalue weighted by atomic mass is 16.5. The van der Waals surface area contributed by atoms with E-state index in [9.17, 15) is 9.59 Å². The maximum Gasteiger partial charge on any atom is 0.249 e. The van der Waals surface area contributed by atoms with Crippen molar-refractivity contribution in [1.82, 2.24) is 4.98 Å². The standard InChI is InChI=1S/C28H22N2O4/c29-28(32)22-9-5-4-8-21(22)27(19-12-14-30-15-13-19)33-20-10-11-23-24(31)17-25(34-26(23)16-20)18-6-2-1-3-7-18/h1-16,25,27H,17H2,(H2,29,32)/t25-,27+/m0/s1. The molecule has 0 unspecified atom stereocenters. The Balaban J connectivity index is 1.51. The van der Waals surface area contributed by atoms with Gasteiger partial charge in [-0.15, -0.1) is 0 Å². The molecule has 1 aromatic heterocycles. The Morgan fingerprint density at radius 2 is 1.71 bits per heavy atom. The highest BCUT2D eigenvalue weighted by Gasteiger charge is 2.29. The number of ketones is 1. The molecular weight excluding hydrogens is 428 g/mol. The number of nitrogens with zero attached hydrogens (tertiary/aromatic N) is 1. The third kappa shape index (κ3) is 4.26. The van der Waals surface area contributed by atoms with Crippen LogP contribution in [0, 0.1) is 0 Å². The number of carbonyl (C=O) groups is 2. The Labute approximate surface area is 197 Å². The van der Waals surface area contributed by atoms with E-state index in [1.54, 1.807) is 42.7 Å². The van der Waals surface area contributed by atoms with Crippen molar-refractivity contribution in [3.63, 3.8) is 0 Å². The van der Waals surface area contributed by atoms with Gasteiger partial charge in [0.05, 0.1) is 12.0 Å². The smallest absolute Gasteiger partial charge is 0.249 e. The van der Waals surface area contributed by atoms with Gasteiger partial charge in [0.2, 0.25) is 5.91 Å². The van der Waals surface area contributed by atoms with Crippen LogP contribution < -0.4 is 15.2 Å². The lowest BCUT2D eigenvalue weighted by Crippen LogP contribution is -2.21. The van der Waals surface area contributed by atoms with Crippen molar-refractivity contribution in [2.24, 2.45) is 5.73 Å². The van der Waals surface area contributed by atoms with Gasteiger partial charge >= 0.3 is 0 Å².